The normalized spacial score (nSPS) is 16.7. The van der Waals surface area contributed by atoms with Gasteiger partial charge in [-0.2, -0.15) is 0 Å². The molecule has 0 bridgehead atoms. The highest BCUT2D eigenvalue weighted by Gasteiger charge is 2.26. The molecule has 3 N–H and O–H groups in total. The van der Waals surface area contributed by atoms with E-state index >= 15 is 0 Å². The van der Waals surface area contributed by atoms with Gasteiger partial charge in [-0.1, -0.05) is 36.4 Å². The number of rotatable bonds is 3. The van der Waals surface area contributed by atoms with E-state index in [0.717, 1.165) is 12.0 Å². The van der Waals surface area contributed by atoms with E-state index in [9.17, 15) is 4.79 Å². The van der Waals surface area contributed by atoms with Gasteiger partial charge in [0.25, 0.3) is 5.91 Å². The fourth-order valence-electron chi connectivity index (χ4n) is 3.01. The van der Waals surface area contributed by atoms with Crippen LogP contribution in [0.15, 0.2) is 48.5 Å². The van der Waals surface area contributed by atoms with Crippen molar-refractivity contribution in [3.8, 4) is 0 Å². The first-order chi connectivity index (χ1) is 10.2. The summed E-state index contributed by atoms with van der Waals surface area (Å²) >= 11 is 0. The Balaban J connectivity index is 1.93. The first-order valence-corrected chi connectivity index (χ1v) is 7.14. The standard InChI is InChI=1S/C17H19N3O/c1-12-10-13-6-3-5-9-16(13)20(12)11-14-7-2-4-8-15(14)17(21)19-18/h2-9,12H,10-11,18H2,1H3,(H,19,21). The van der Waals surface area contributed by atoms with Gasteiger partial charge >= 0.3 is 0 Å². The molecule has 4 heteroatoms. The number of fused-ring (bicyclic) bond motifs is 1. The molecule has 108 valence electrons. The molecule has 0 aliphatic carbocycles. The highest BCUT2D eigenvalue weighted by molar-refractivity contribution is 5.95. The number of anilines is 1. The number of nitrogen functional groups attached to an aromatic ring is 1. The third-order valence-electron chi connectivity index (χ3n) is 4.08. The van der Waals surface area contributed by atoms with E-state index in [1.54, 1.807) is 0 Å². The first kappa shape index (κ1) is 13.6. The molecule has 2 aromatic rings. The third kappa shape index (κ3) is 2.50. The van der Waals surface area contributed by atoms with Crippen LogP contribution in [0.5, 0.6) is 0 Å². The summed E-state index contributed by atoms with van der Waals surface area (Å²) in [6, 6.07) is 16.5. The number of nitrogens with zero attached hydrogens (tertiary/aromatic N) is 1. The summed E-state index contributed by atoms with van der Waals surface area (Å²) in [6.45, 7) is 2.92. The van der Waals surface area contributed by atoms with E-state index in [4.69, 9.17) is 5.84 Å². The minimum absolute atomic E-state index is 0.245. The predicted molar refractivity (Wildman–Crippen MR) is 83.9 cm³/mol. The molecule has 1 amide bonds. The van der Waals surface area contributed by atoms with Crippen molar-refractivity contribution >= 4 is 11.6 Å². The van der Waals surface area contributed by atoms with Crippen LogP contribution in [0.2, 0.25) is 0 Å². The summed E-state index contributed by atoms with van der Waals surface area (Å²) in [5, 5.41) is 0. The van der Waals surface area contributed by atoms with Crippen molar-refractivity contribution in [2.75, 3.05) is 4.90 Å². The minimum atomic E-state index is -0.245. The van der Waals surface area contributed by atoms with Crippen molar-refractivity contribution in [3.63, 3.8) is 0 Å². The molecule has 1 unspecified atom stereocenters. The van der Waals surface area contributed by atoms with Crippen LogP contribution in [0.3, 0.4) is 0 Å². The van der Waals surface area contributed by atoms with Gasteiger partial charge in [-0.15, -0.1) is 0 Å². The van der Waals surface area contributed by atoms with E-state index < -0.39 is 0 Å². The van der Waals surface area contributed by atoms with Crippen molar-refractivity contribution in [2.45, 2.75) is 25.9 Å². The van der Waals surface area contributed by atoms with Gasteiger partial charge in [0.05, 0.1) is 0 Å². The van der Waals surface area contributed by atoms with E-state index in [-0.39, 0.29) is 5.91 Å². The second-order valence-corrected chi connectivity index (χ2v) is 5.44. The van der Waals surface area contributed by atoms with Crippen LogP contribution in [0.1, 0.15) is 28.4 Å². The van der Waals surface area contributed by atoms with Crippen LogP contribution in [0.25, 0.3) is 0 Å². The number of benzene rings is 2. The number of hydrogen-bond acceptors (Lipinski definition) is 3. The van der Waals surface area contributed by atoms with Crippen molar-refractivity contribution in [1.29, 1.82) is 0 Å². The molecular formula is C17H19N3O. The monoisotopic (exact) mass is 281 g/mol. The number of hydrazine groups is 1. The summed E-state index contributed by atoms with van der Waals surface area (Å²) in [7, 11) is 0. The van der Waals surface area contributed by atoms with Crippen molar-refractivity contribution in [1.82, 2.24) is 5.43 Å². The number of nitrogens with two attached hydrogens (primary N) is 1. The summed E-state index contributed by atoms with van der Waals surface area (Å²) in [5.74, 6) is 5.03. The lowest BCUT2D eigenvalue weighted by atomic mass is 10.1. The highest BCUT2D eigenvalue weighted by atomic mass is 16.2. The van der Waals surface area contributed by atoms with Crippen LogP contribution in [-0.2, 0) is 13.0 Å². The van der Waals surface area contributed by atoms with Gasteiger partial charge in [0.1, 0.15) is 0 Å². The van der Waals surface area contributed by atoms with Gasteiger partial charge < -0.3 is 4.90 Å². The largest absolute Gasteiger partial charge is 0.364 e. The Bertz CT molecular complexity index is 669. The Morgan fingerprint density at radius 1 is 1.24 bits per heavy atom. The van der Waals surface area contributed by atoms with E-state index in [0.29, 0.717) is 18.2 Å². The Kier molecular flexibility index (Phi) is 3.62. The predicted octanol–water partition coefficient (Wildman–Crippen LogP) is 2.24. The quantitative estimate of drug-likeness (QED) is 0.515. The number of carbonyl (C=O) groups is 1. The molecule has 0 saturated heterocycles. The zero-order valence-electron chi connectivity index (χ0n) is 12.0. The number of para-hydroxylation sites is 1. The van der Waals surface area contributed by atoms with E-state index in [1.165, 1.54) is 11.3 Å². The lowest BCUT2D eigenvalue weighted by Crippen LogP contribution is -2.33. The van der Waals surface area contributed by atoms with Crippen molar-refractivity contribution in [3.05, 3.63) is 65.2 Å². The summed E-state index contributed by atoms with van der Waals surface area (Å²) < 4.78 is 0. The molecule has 0 radical (unpaired) electrons. The molecule has 1 atom stereocenters. The second kappa shape index (κ2) is 5.58. The molecule has 1 heterocycles. The summed E-state index contributed by atoms with van der Waals surface area (Å²) in [6.07, 6.45) is 1.04. The fourth-order valence-corrected chi connectivity index (χ4v) is 3.01. The van der Waals surface area contributed by atoms with Gasteiger partial charge in [-0.25, -0.2) is 5.84 Å². The van der Waals surface area contributed by atoms with Gasteiger partial charge in [0, 0.05) is 23.8 Å². The Morgan fingerprint density at radius 3 is 2.76 bits per heavy atom. The van der Waals surface area contributed by atoms with Crippen LogP contribution >= 0.6 is 0 Å². The van der Waals surface area contributed by atoms with Crippen molar-refractivity contribution < 1.29 is 4.79 Å². The number of hydrogen-bond donors (Lipinski definition) is 2. The molecule has 2 aromatic carbocycles. The average Bonchev–Trinajstić information content (AvgIpc) is 2.83. The summed E-state index contributed by atoms with van der Waals surface area (Å²) in [5.41, 5.74) is 6.47. The molecule has 0 aromatic heterocycles. The lowest BCUT2D eigenvalue weighted by molar-refractivity contribution is 0.0952. The Morgan fingerprint density at radius 2 is 1.95 bits per heavy atom. The molecule has 3 rings (SSSR count). The van der Waals surface area contributed by atoms with Gasteiger partial charge in [-0.05, 0) is 36.6 Å². The molecule has 1 aliphatic heterocycles. The molecule has 4 nitrogen and oxygen atoms in total. The number of amides is 1. The van der Waals surface area contributed by atoms with Gasteiger partial charge in [0.2, 0.25) is 0 Å². The number of carbonyl (C=O) groups excluding carboxylic acids is 1. The van der Waals surface area contributed by atoms with Crippen LogP contribution in [0, 0.1) is 0 Å². The van der Waals surface area contributed by atoms with E-state index in [2.05, 4.69) is 41.5 Å². The van der Waals surface area contributed by atoms with Crippen molar-refractivity contribution in [2.24, 2.45) is 5.84 Å². The van der Waals surface area contributed by atoms with E-state index in [1.807, 2.05) is 24.3 Å². The van der Waals surface area contributed by atoms with Gasteiger partial charge in [0.15, 0.2) is 0 Å². The van der Waals surface area contributed by atoms with Crippen LogP contribution in [0.4, 0.5) is 5.69 Å². The first-order valence-electron chi connectivity index (χ1n) is 7.14. The maximum Gasteiger partial charge on any atom is 0.265 e. The maximum absolute atomic E-state index is 11.9. The highest BCUT2D eigenvalue weighted by Crippen LogP contribution is 2.33. The summed E-state index contributed by atoms with van der Waals surface area (Å²) in [4.78, 5) is 14.2. The Hall–Kier alpha value is -2.33. The molecule has 0 spiro atoms. The molecule has 21 heavy (non-hydrogen) atoms. The zero-order valence-corrected chi connectivity index (χ0v) is 12.0. The molecule has 0 fully saturated rings. The molecular weight excluding hydrogens is 262 g/mol. The van der Waals surface area contributed by atoms with Gasteiger partial charge in [-0.3, -0.25) is 10.2 Å². The second-order valence-electron chi connectivity index (χ2n) is 5.44. The Labute approximate surface area is 124 Å². The van der Waals surface area contributed by atoms with Crippen LogP contribution < -0.4 is 16.2 Å². The fraction of sp³-hybridized carbons (Fsp3) is 0.235. The zero-order chi connectivity index (χ0) is 14.8. The third-order valence-corrected chi connectivity index (χ3v) is 4.08. The molecule has 1 aliphatic rings. The minimum Gasteiger partial charge on any atom is -0.364 e. The topological polar surface area (TPSA) is 58.4 Å². The average molecular weight is 281 g/mol. The molecule has 0 saturated carbocycles. The smallest absolute Gasteiger partial charge is 0.265 e. The maximum atomic E-state index is 11.9. The lowest BCUT2D eigenvalue weighted by Gasteiger charge is -2.26. The van der Waals surface area contributed by atoms with Crippen LogP contribution in [-0.4, -0.2) is 11.9 Å². The SMILES string of the molecule is CC1Cc2ccccc2N1Cc1ccccc1C(=O)NN. The number of nitrogens with one attached hydrogen (secondary N) is 1.